The van der Waals surface area contributed by atoms with E-state index in [1.54, 1.807) is 20.8 Å². The monoisotopic (exact) mass is 279 g/mol. The molecule has 0 aromatic rings. The molecule has 2 atom stereocenters. The smallest absolute Gasteiger partial charge is 0.412 e. The van der Waals surface area contributed by atoms with Crippen molar-refractivity contribution < 1.29 is 19.1 Å². The number of methoxy groups -OCH3 is 1. The molecule has 0 saturated heterocycles. The van der Waals surface area contributed by atoms with Crippen LogP contribution in [-0.2, 0) is 14.3 Å². The van der Waals surface area contributed by atoms with E-state index in [0.717, 1.165) is 18.4 Å². The Morgan fingerprint density at radius 3 is 2.60 bits per heavy atom. The van der Waals surface area contributed by atoms with Crippen LogP contribution in [0.15, 0.2) is 23.4 Å². The number of hydrogen-bond donors (Lipinski definition) is 1. The lowest BCUT2D eigenvalue weighted by atomic mass is 9.70. The number of esters is 1. The number of rotatable bonds is 2. The van der Waals surface area contributed by atoms with E-state index in [2.05, 4.69) is 17.5 Å². The van der Waals surface area contributed by atoms with Crippen molar-refractivity contribution in [2.45, 2.75) is 39.2 Å². The summed E-state index contributed by atoms with van der Waals surface area (Å²) in [6, 6.07) is 0. The Labute approximate surface area is 119 Å². The van der Waals surface area contributed by atoms with Crippen LogP contribution in [0.5, 0.6) is 0 Å². The lowest BCUT2D eigenvalue weighted by Crippen LogP contribution is -2.38. The number of carbonyl (C=O) groups excluding carboxylic acids is 2. The number of hydrogen-bond acceptors (Lipinski definition) is 4. The van der Waals surface area contributed by atoms with Gasteiger partial charge in [0.1, 0.15) is 11.3 Å². The van der Waals surface area contributed by atoms with E-state index in [0.29, 0.717) is 5.92 Å². The summed E-state index contributed by atoms with van der Waals surface area (Å²) in [5.74, 6) is 0.286. The number of ether oxygens (including phenoxy) is 2. The predicted octanol–water partition coefficient (Wildman–Crippen LogP) is 2.53. The van der Waals surface area contributed by atoms with Crippen molar-refractivity contribution in [3.63, 3.8) is 0 Å². The fourth-order valence-electron chi connectivity index (χ4n) is 2.61. The van der Waals surface area contributed by atoms with E-state index in [9.17, 15) is 9.59 Å². The number of nitrogens with one attached hydrogen (secondary N) is 1. The van der Waals surface area contributed by atoms with Gasteiger partial charge < -0.3 is 9.47 Å². The lowest BCUT2D eigenvalue weighted by Gasteiger charge is -2.35. The third-order valence-corrected chi connectivity index (χ3v) is 3.51. The van der Waals surface area contributed by atoms with E-state index in [1.165, 1.54) is 7.11 Å². The zero-order valence-corrected chi connectivity index (χ0v) is 12.4. The maximum Gasteiger partial charge on any atom is 0.412 e. The highest BCUT2D eigenvalue weighted by atomic mass is 16.6. The van der Waals surface area contributed by atoms with Gasteiger partial charge in [-0.2, -0.15) is 0 Å². The van der Waals surface area contributed by atoms with Gasteiger partial charge in [0.2, 0.25) is 0 Å². The van der Waals surface area contributed by atoms with Crippen LogP contribution < -0.4 is 5.32 Å². The molecule has 20 heavy (non-hydrogen) atoms. The molecule has 110 valence electrons. The minimum atomic E-state index is -0.629. The van der Waals surface area contributed by atoms with Crippen molar-refractivity contribution in [2.24, 2.45) is 11.8 Å². The summed E-state index contributed by atoms with van der Waals surface area (Å²) in [7, 11) is 1.31. The van der Waals surface area contributed by atoms with Gasteiger partial charge in [-0.05, 0) is 45.1 Å². The highest BCUT2D eigenvalue weighted by Crippen LogP contribution is 2.48. The molecule has 0 aliphatic heterocycles. The van der Waals surface area contributed by atoms with Gasteiger partial charge in [-0.3, -0.25) is 5.32 Å². The Bertz CT molecular complexity index is 485. The molecule has 2 aliphatic rings. The number of fused-ring (bicyclic) bond motifs is 1. The minimum absolute atomic E-state index is 0.231. The van der Waals surface area contributed by atoms with E-state index in [4.69, 9.17) is 9.47 Å². The molecule has 0 unspecified atom stereocenters. The first-order valence-electron chi connectivity index (χ1n) is 6.80. The molecule has 5 heteroatoms. The quantitative estimate of drug-likeness (QED) is 0.479. The molecule has 0 aromatic carbocycles. The van der Waals surface area contributed by atoms with E-state index < -0.39 is 17.7 Å². The lowest BCUT2D eigenvalue weighted by molar-refractivity contribution is -0.136. The summed E-state index contributed by atoms with van der Waals surface area (Å²) in [6.07, 6.45) is 5.43. The molecule has 2 aliphatic carbocycles. The van der Waals surface area contributed by atoms with Crippen molar-refractivity contribution >= 4 is 12.1 Å². The van der Waals surface area contributed by atoms with E-state index in [-0.39, 0.29) is 11.6 Å². The van der Waals surface area contributed by atoms with Gasteiger partial charge in [0.15, 0.2) is 0 Å². The molecule has 0 spiro atoms. The number of carbonyl (C=O) groups is 2. The first-order chi connectivity index (χ1) is 9.31. The van der Waals surface area contributed by atoms with Gasteiger partial charge in [0.25, 0.3) is 0 Å². The van der Waals surface area contributed by atoms with E-state index >= 15 is 0 Å². The second-order valence-corrected chi connectivity index (χ2v) is 6.17. The predicted molar refractivity (Wildman–Crippen MR) is 73.8 cm³/mol. The van der Waals surface area contributed by atoms with Crippen molar-refractivity contribution in [3.05, 3.63) is 23.4 Å². The Morgan fingerprint density at radius 2 is 2.05 bits per heavy atom. The van der Waals surface area contributed by atoms with Gasteiger partial charge in [0, 0.05) is 5.92 Å². The summed E-state index contributed by atoms with van der Waals surface area (Å²) < 4.78 is 9.94. The van der Waals surface area contributed by atoms with Gasteiger partial charge in [-0.1, -0.05) is 12.2 Å². The van der Waals surface area contributed by atoms with Crippen LogP contribution in [0.1, 0.15) is 33.6 Å². The summed E-state index contributed by atoms with van der Waals surface area (Å²) >= 11 is 0. The first kappa shape index (κ1) is 14.6. The third kappa shape index (κ3) is 3.03. The first-order valence-corrected chi connectivity index (χ1v) is 6.80. The van der Waals surface area contributed by atoms with Gasteiger partial charge in [0.05, 0.1) is 7.11 Å². The summed E-state index contributed by atoms with van der Waals surface area (Å²) in [4.78, 5) is 23.7. The molecule has 1 fully saturated rings. The largest absolute Gasteiger partial charge is 0.464 e. The highest BCUT2D eigenvalue weighted by Gasteiger charge is 2.40. The second-order valence-electron chi connectivity index (χ2n) is 6.17. The summed E-state index contributed by atoms with van der Waals surface area (Å²) in [5.41, 5.74) is 0.557. The van der Waals surface area contributed by atoms with Gasteiger partial charge >= 0.3 is 12.1 Å². The van der Waals surface area contributed by atoms with Gasteiger partial charge in [-0.15, -0.1) is 0 Å². The third-order valence-electron chi connectivity index (χ3n) is 3.51. The molecule has 2 rings (SSSR count). The molecule has 1 N–H and O–H groups in total. The van der Waals surface area contributed by atoms with Crippen LogP contribution in [0.2, 0.25) is 0 Å². The van der Waals surface area contributed by atoms with Crippen molar-refractivity contribution in [1.29, 1.82) is 0 Å². The number of amides is 1. The highest BCUT2D eigenvalue weighted by molar-refractivity contribution is 5.93. The maximum atomic E-state index is 11.9. The molecule has 0 bridgehead atoms. The Kier molecular flexibility index (Phi) is 3.88. The molecule has 0 aromatic heterocycles. The second kappa shape index (κ2) is 5.31. The van der Waals surface area contributed by atoms with E-state index in [1.807, 2.05) is 0 Å². The Hall–Kier alpha value is -1.78. The standard InChI is InChI=1S/C15H21NO4/c1-15(2,3)20-14(18)16-12(13(17)19-4)11-8-9-6-5-7-10(9)11/h5,7,9-10H,6,8H2,1-4H3,(H,16,18)/b12-11-/t9-,10-/m0/s1. The Balaban J connectivity index is 2.14. The van der Waals surface area contributed by atoms with Crippen LogP contribution in [0.3, 0.4) is 0 Å². The summed E-state index contributed by atoms with van der Waals surface area (Å²) in [5, 5.41) is 2.55. The topological polar surface area (TPSA) is 64.6 Å². The minimum Gasteiger partial charge on any atom is -0.464 e. The molecular weight excluding hydrogens is 258 g/mol. The molecule has 0 heterocycles. The van der Waals surface area contributed by atoms with Crippen LogP contribution in [0, 0.1) is 11.8 Å². The van der Waals surface area contributed by atoms with Gasteiger partial charge in [-0.25, -0.2) is 9.59 Å². The average molecular weight is 279 g/mol. The van der Waals surface area contributed by atoms with Crippen LogP contribution in [0.25, 0.3) is 0 Å². The molecule has 0 radical (unpaired) electrons. The molecule has 1 saturated carbocycles. The fourth-order valence-corrected chi connectivity index (χ4v) is 2.61. The molecule has 5 nitrogen and oxygen atoms in total. The zero-order chi connectivity index (χ0) is 14.9. The van der Waals surface area contributed by atoms with Crippen LogP contribution in [0.4, 0.5) is 4.79 Å². The molecular formula is C15H21NO4. The van der Waals surface area contributed by atoms with Crippen molar-refractivity contribution in [1.82, 2.24) is 5.32 Å². The summed E-state index contributed by atoms with van der Waals surface area (Å²) in [6.45, 7) is 5.32. The van der Waals surface area contributed by atoms with Crippen LogP contribution >= 0.6 is 0 Å². The maximum absolute atomic E-state index is 11.9. The SMILES string of the molecule is COC(=O)/C(NC(=O)OC(C)(C)C)=C1\C[C@@H]2CC=C[C@H]12. The average Bonchev–Trinajstić information content (AvgIpc) is 2.66. The normalized spacial score (nSPS) is 26.4. The van der Waals surface area contributed by atoms with Crippen LogP contribution in [-0.4, -0.2) is 24.8 Å². The molecule has 1 amide bonds. The number of allylic oxidation sites excluding steroid dienone is 3. The van der Waals surface area contributed by atoms with Crippen molar-refractivity contribution in [3.8, 4) is 0 Å². The number of alkyl carbamates (subject to hydrolysis) is 1. The zero-order valence-electron chi connectivity index (χ0n) is 12.4. The van der Waals surface area contributed by atoms with Crippen molar-refractivity contribution in [2.75, 3.05) is 7.11 Å². The Morgan fingerprint density at radius 1 is 1.35 bits per heavy atom. The fraction of sp³-hybridized carbons (Fsp3) is 0.600.